The molecule has 17 heavy (non-hydrogen) atoms. The fraction of sp³-hybridized carbons (Fsp3) is 0.583. The molecule has 1 aromatic rings. The van der Waals surface area contributed by atoms with Gasteiger partial charge in [0.25, 0.3) is 0 Å². The van der Waals surface area contributed by atoms with Crippen molar-refractivity contribution in [2.75, 3.05) is 27.2 Å². The van der Waals surface area contributed by atoms with Crippen molar-refractivity contribution in [3.8, 4) is 0 Å². The third-order valence-electron chi connectivity index (χ3n) is 2.38. The Morgan fingerprint density at radius 2 is 2.18 bits per heavy atom. The number of carbonyl (C=O) groups is 1. The number of carboxylic acids is 1. The summed E-state index contributed by atoms with van der Waals surface area (Å²) < 4.78 is 5.12. The van der Waals surface area contributed by atoms with Crippen LogP contribution in [0.2, 0.25) is 0 Å². The van der Waals surface area contributed by atoms with Crippen LogP contribution < -0.4 is 5.32 Å². The van der Waals surface area contributed by atoms with E-state index in [4.69, 9.17) is 9.52 Å². The smallest absolute Gasteiger partial charge is 0.371 e. The van der Waals surface area contributed by atoms with Crippen molar-refractivity contribution in [2.45, 2.75) is 19.4 Å². The highest BCUT2D eigenvalue weighted by molar-refractivity contribution is 5.84. The molecule has 1 aromatic heterocycles. The number of carboxylic acid groups (broad SMARTS) is 1. The lowest BCUT2D eigenvalue weighted by Crippen LogP contribution is -2.17. The molecule has 5 heteroatoms. The number of hydrogen-bond acceptors (Lipinski definition) is 4. The Balaban J connectivity index is 2.11. The van der Waals surface area contributed by atoms with Gasteiger partial charge in [-0.1, -0.05) is 0 Å². The van der Waals surface area contributed by atoms with Crippen LogP contribution in [-0.4, -0.2) is 43.2 Å². The van der Waals surface area contributed by atoms with E-state index in [1.54, 1.807) is 6.07 Å². The van der Waals surface area contributed by atoms with Gasteiger partial charge in [-0.15, -0.1) is 0 Å². The fourth-order valence-corrected chi connectivity index (χ4v) is 1.48. The molecule has 5 nitrogen and oxygen atoms in total. The van der Waals surface area contributed by atoms with Crippen molar-refractivity contribution in [1.29, 1.82) is 0 Å². The van der Waals surface area contributed by atoms with E-state index in [0.29, 0.717) is 12.3 Å². The normalized spacial score (nSPS) is 11.0. The molecule has 1 rings (SSSR count). The Morgan fingerprint density at radius 3 is 2.76 bits per heavy atom. The second-order valence-electron chi connectivity index (χ2n) is 4.26. The quantitative estimate of drug-likeness (QED) is 0.672. The second-order valence-corrected chi connectivity index (χ2v) is 4.26. The molecule has 96 valence electrons. The fourth-order valence-electron chi connectivity index (χ4n) is 1.48. The highest BCUT2D eigenvalue weighted by atomic mass is 16.4. The van der Waals surface area contributed by atoms with Gasteiger partial charge >= 0.3 is 5.97 Å². The van der Waals surface area contributed by atoms with Crippen LogP contribution in [-0.2, 0) is 6.54 Å². The van der Waals surface area contributed by atoms with E-state index in [0.717, 1.165) is 25.9 Å². The lowest BCUT2D eigenvalue weighted by Gasteiger charge is -2.08. The monoisotopic (exact) mass is 240 g/mol. The molecule has 0 aliphatic rings. The van der Waals surface area contributed by atoms with Gasteiger partial charge in [-0.3, -0.25) is 0 Å². The lowest BCUT2D eigenvalue weighted by atomic mass is 10.3. The van der Waals surface area contributed by atoms with Crippen LogP contribution in [0.4, 0.5) is 0 Å². The van der Waals surface area contributed by atoms with E-state index < -0.39 is 5.97 Å². The topological polar surface area (TPSA) is 65.7 Å². The van der Waals surface area contributed by atoms with E-state index in [1.165, 1.54) is 6.07 Å². The first-order valence-electron chi connectivity index (χ1n) is 5.77. The van der Waals surface area contributed by atoms with Crippen molar-refractivity contribution in [1.82, 2.24) is 10.2 Å². The first kappa shape index (κ1) is 13.7. The average Bonchev–Trinajstić information content (AvgIpc) is 2.71. The summed E-state index contributed by atoms with van der Waals surface area (Å²) in [7, 11) is 4.12. The van der Waals surface area contributed by atoms with E-state index in [9.17, 15) is 4.79 Å². The highest BCUT2D eigenvalue weighted by Crippen LogP contribution is 2.07. The van der Waals surface area contributed by atoms with Crippen molar-refractivity contribution < 1.29 is 14.3 Å². The Morgan fingerprint density at radius 1 is 1.41 bits per heavy atom. The predicted octanol–water partition coefficient (Wildman–Crippen LogP) is 1.41. The van der Waals surface area contributed by atoms with Crippen molar-refractivity contribution >= 4 is 5.97 Å². The molecule has 0 saturated heterocycles. The standard InChI is InChI=1S/C12H20N2O3/c1-14(2)8-4-3-7-13-9-10-5-6-11(17-10)12(15)16/h5-6,13H,3-4,7-9H2,1-2H3,(H,15,16). The zero-order valence-corrected chi connectivity index (χ0v) is 10.4. The minimum Gasteiger partial charge on any atom is -0.475 e. The van der Waals surface area contributed by atoms with Crippen LogP contribution in [0.5, 0.6) is 0 Å². The van der Waals surface area contributed by atoms with Gasteiger partial charge in [-0.05, 0) is 52.2 Å². The summed E-state index contributed by atoms with van der Waals surface area (Å²) in [5.74, 6) is -0.369. The molecule has 0 saturated carbocycles. The van der Waals surface area contributed by atoms with Crippen LogP contribution in [0.3, 0.4) is 0 Å². The summed E-state index contributed by atoms with van der Waals surface area (Å²) in [4.78, 5) is 12.7. The highest BCUT2D eigenvalue weighted by Gasteiger charge is 2.07. The maximum absolute atomic E-state index is 10.6. The number of aromatic carboxylic acids is 1. The van der Waals surface area contributed by atoms with E-state index in [-0.39, 0.29) is 5.76 Å². The zero-order chi connectivity index (χ0) is 12.7. The van der Waals surface area contributed by atoms with Gasteiger partial charge in [0.2, 0.25) is 5.76 Å². The Kier molecular flexibility index (Phi) is 5.72. The van der Waals surface area contributed by atoms with Gasteiger partial charge in [0.15, 0.2) is 0 Å². The molecule has 1 heterocycles. The second kappa shape index (κ2) is 7.09. The summed E-state index contributed by atoms with van der Waals surface area (Å²) in [5, 5.41) is 11.9. The van der Waals surface area contributed by atoms with Crippen LogP contribution in [0.15, 0.2) is 16.5 Å². The first-order chi connectivity index (χ1) is 8.09. The number of nitrogens with zero attached hydrogens (tertiary/aromatic N) is 1. The van der Waals surface area contributed by atoms with Gasteiger partial charge in [-0.25, -0.2) is 4.79 Å². The van der Waals surface area contributed by atoms with Gasteiger partial charge in [-0.2, -0.15) is 0 Å². The number of unbranched alkanes of at least 4 members (excludes halogenated alkanes) is 1. The molecule has 0 bridgehead atoms. The molecule has 0 spiro atoms. The number of furan rings is 1. The predicted molar refractivity (Wildman–Crippen MR) is 65.2 cm³/mol. The third-order valence-corrected chi connectivity index (χ3v) is 2.38. The number of rotatable bonds is 8. The molecule has 0 unspecified atom stereocenters. The average molecular weight is 240 g/mol. The minimum absolute atomic E-state index is 0.00518. The maximum Gasteiger partial charge on any atom is 0.371 e. The summed E-state index contributed by atoms with van der Waals surface area (Å²) in [6.45, 7) is 2.58. The molecule has 0 radical (unpaired) electrons. The van der Waals surface area contributed by atoms with Crippen molar-refractivity contribution in [3.63, 3.8) is 0 Å². The molecule has 0 amide bonds. The molecule has 0 atom stereocenters. The van der Waals surface area contributed by atoms with Crippen LogP contribution in [0.25, 0.3) is 0 Å². The lowest BCUT2D eigenvalue weighted by molar-refractivity contribution is 0.0660. The van der Waals surface area contributed by atoms with Gasteiger partial charge in [0, 0.05) is 0 Å². The van der Waals surface area contributed by atoms with Gasteiger partial charge in [0.05, 0.1) is 6.54 Å². The van der Waals surface area contributed by atoms with E-state index in [1.807, 2.05) is 0 Å². The Labute approximate surface area is 101 Å². The molecule has 2 N–H and O–H groups in total. The largest absolute Gasteiger partial charge is 0.475 e. The summed E-state index contributed by atoms with van der Waals surface area (Å²) >= 11 is 0. The summed E-state index contributed by atoms with van der Waals surface area (Å²) in [5.41, 5.74) is 0. The molecule has 0 fully saturated rings. The summed E-state index contributed by atoms with van der Waals surface area (Å²) in [6.07, 6.45) is 2.25. The van der Waals surface area contributed by atoms with Gasteiger partial charge in [0.1, 0.15) is 5.76 Å². The van der Waals surface area contributed by atoms with Crippen LogP contribution >= 0.6 is 0 Å². The van der Waals surface area contributed by atoms with Crippen molar-refractivity contribution in [2.24, 2.45) is 0 Å². The van der Waals surface area contributed by atoms with Crippen LogP contribution in [0, 0.1) is 0 Å². The third kappa shape index (κ3) is 5.51. The number of nitrogens with one attached hydrogen (secondary N) is 1. The van der Waals surface area contributed by atoms with Gasteiger partial charge < -0.3 is 19.7 Å². The first-order valence-corrected chi connectivity index (χ1v) is 5.77. The minimum atomic E-state index is -1.03. The molecule has 0 aliphatic heterocycles. The zero-order valence-electron chi connectivity index (χ0n) is 10.4. The van der Waals surface area contributed by atoms with E-state index >= 15 is 0 Å². The SMILES string of the molecule is CN(C)CCCCNCc1ccc(C(=O)O)o1. The molecular weight excluding hydrogens is 220 g/mol. The molecule has 0 aliphatic carbocycles. The van der Waals surface area contributed by atoms with E-state index in [2.05, 4.69) is 24.3 Å². The Hall–Kier alpha value is -1.33. The van der Waals surface area contributed by atoms with Crippen LogP contribution in [0.1, 0.15) is 29.2 Å². The summed E-state index contributed by atoms with van der Waals surface area (Å²) in [6, 6.07) is 3.17. The Bertz CT molecular complexity index is 347. The molecule has 0 aromatic carbocycles. The number of hydrogen-bond donors (Lipinski definition) is 2. The molecular formula is C12H20N2O3. The maximum atomic E-state index is 10.6. The van der Waals surface area contributed by atoms with Crippen molar-refractivity contribution in [3.05, 3.63) is 23.7 Å².